The van der Waals surface area contributed by atoms with Crippen molar-refractivity contribution in [2.24, 2.45) is 5.73 Å². The first-order valence-corrected chi connectivity index (χ1v) is 7.36. The van der Waals surface area contributed by atoms with Crippen LogP contribution in [0.3, 0.4) is 0 Å². The Morgan fingerprint density at radius 1 is 1.21 bits per heavy atom. The molecule has 2 heteroatoms. The van der Waals surface area contributed by atoms with Crippen molar-refractivity contribution in [1.29, 1.82) is 0 Å². The van der Waals surface area contributed by atoms with Gasteiger partial charge in [-0.2, -0.15) is 0 Å². The van der Waals surface area contributed by atoms with Gasteiger partial charge in [-0.25, -0.2) is 0 Å². The van der Waals surface area contributed by atoms with E-state index in [2.05, 4.69) is 51.7 Å². The van der Waals surface area contributed by atoms with E-state index in [1.165, 1.54) is 22.3 Å². The third-order valence-corrected chi connectivity index (χ3v) is 4.25. The maximum absolute atomic E-state index is 5.99. The Hall–Kier alpha value is -0.860. The number of benzene rings is 1. The van der Waals surface area contributed by atoms with Crippen molar-refractivity contribution in [2.75, 3.05) is 13.1 Å². The predicted molar refractivity (Wildman–Crippen MR) is 82.5 cm³/mol. The maximum atomic E-state index is 5.99. The van der Waals surface area contributed by atoms with Crippen molar-refractivity contribution in [1.82, 2.24) is 4.90 Å². The molecule has 1 heterocycles. The van der Waals surface area contributed by atoms with Crippen LogP contribution in [0, 0.1) is 13.8 Å². The first kappa shape index (κ1) is 14.5. The average molecular weight is 260 g/mol. The quantitative estimate of drug-likeness (QED) is 0.885. The van der Waals surface area contributed by atoms with Crippen molar-refractivity contribution < 1.29 is 0 Å². The normalized spacial score (nSPS) is 21.1. The molecule has 1 aromatic rings. The molecular weight excluding hydrogens is 232 g/mol. The Morgan fingerprint density at radius 3 is 2.21 bits per heavy atom. The molecule has 1 saturated heterocycles. The van der Waals surface area contributed by atoms with Crippen molar-refractivity contribution in [3.8, 4) is 0 Å². The van der Waals surface area contributed by atoms with Crippen LogP contribution in [0.1, 0.15) is 49.4 Å². The van der Waals surface area contributed by atoms with Crippen LogP contribution in [0.5, 0.6) is 0 Å². The van der Waals surface area contributed by atoms with Gasteiger partial charge in [0.1, 0.15) is 0 Å². The number of likely N-dealkylation sites (tertiary alicyclic amines) is 1. The zero-order valence-corrected chi connectivity index (χ0v) is 13.1. The van der Waals surface area contributed by atoms with E-state index in [9.17, 15) is 0 Å². The van der Waals surface area contributed by atoms with E-state index in [4.69, 9.17) is 5.73 Å². The molecule has 0 spiro atoms. The summed E-state index contributed by atoms with van der Waals surface area (Å²) in [6.07, 6.45) is 1.14. The molecule has 1 aliphatic rings. The number of nitrogens with two attached hydrogens (primary N) is 1. The third-order valence-electron chi connectivity index (χ3n) is 4.25. The molecule has 1 fully saturated rings. The molecular formula is C17H28N2. The molecule has 0 radical (unpaired) electrons. The van der Waals surface area contributed by atoms with Crippen molar-refractivity contribution in [3.63, 3.8) is 0 Å². The van der Waals surface area contributed by atoms with E-state index >= 15 is 0 Å². The summed E-state index contributed by atoms with van der Waals surface area (Å²) >= 11 is 0. The predicted octanol–water partition coefficient (Wildman–Crippen LogP) is 3.13. The fourth-order valence-corrected chi connectivity index (χ4v) is 2.91. The van der Waals surface area contributed by atoms with Crippen molar-refractivity contribution >= 4 is 0 Å². The molecule has 0 aliphatic carbocycles. The van der Waals surface area contributed by atoms with E-state index < -0.39 is 0 Å². The largest absolute Gasteiger partial charge is 0.326 e. The van der Waals surface area contributed by atoms with E-state index in [-0.39, 0.29) is 5.41 Å². The minimum Gasteiger partial charge on any atom is -0.326 e. The van der Waals surface area contributed by atoms with Gasteiger partial charge in [0.2, 0.25) is 0 Å². The summed E-state index contributed by atoms with van der Waals surface area (Å²) in [5, 5.41) is 0. The molecule has 0 amide bonds. The standard InChI is InChI=1S/C17H28N2/c1-12-8-14(17(3,4)5)9-13(2)16(12)11-19-7-6-15(18)10-19/h8-9,15H,6-7,10-11,18H2,1-5H3/t15-/m0/s1. The fraction of sp³-hybridized carbons (Fsp3) is 0.647. The highest BCUT2D eigenvalue weighted by Gasteiger charge is 2.21. The van der Waals surface area contributed by atoms with Crippen LogP contribution in [-0.2, 0) is 12.0 Å². The van der Waals surface area contributed by atoms with Gasteiger partial charge in [0.05, 0.1) is 0 Å². The first-order chi connectivity index (χ1) is 8.77. The lowest BCUT2D eigenvalue weighted by Gasteiger charge is -2.24. The lowest BCUT2D eigenvalue weighted by atomic mass is 9.84. The highest BCUT2D eigenvalue weighted by molar-refractivity contribution is 5.40. The van der Waals surface area contributed by atoms with E-state index in [1.807, 2.05) is 0 Å². The second kappa shape index (κ2) is 5.26. The SMILES string of the molecule is Cc1cc(C(C)(C)C)cc(C)c1CN1CC[C@H](N)C1. The molecule has 0 aromatic heterocycles. The van der Waals surface area contributed by atoms with Crippen LogP contribution in [-0.4, -0.2) is 24.0 Å². The Morgan fingerprint density at radius 2 is 1.79 bits per heavy atom. The second-order valence-electron chi connectivity index (χ2n) is 7.12. The molecule has 0 bridgehead atoms. The van der Waals surface area contributed by atoms with Crippen LogP contribution in [0.4, 0.5) is 0 Å². The highest BCUT2D eigenvalue weighted by Crippen LogP contribution is 2.28. The van der Waals surface area contributed by atoms with Gasteiger partial charge in [-0.1, -0.05) is 32.9 Å². The number of nitrogens with zero attached hydrogens (tertiary/aromatic N) is 1. The Labute approximate surface area is 118 Å². The zero-order valence-electron chi connectivity index (χ0n) is 13.1. The summed E-state index contributed by atoms with van der Waals surface area (Å²) in [6, 6.07) is 5.09. The van der Waals surface area contributed by atoms with Crippen LogP contribution >= 0.6 is 0 Å². The highest BCUT2D eigenvalue weighted by atomic mass is 15.2. The molecule has 2 N–H and O–H groups in total. The number of aryl methyl sites for hydroxylation is 2. The number of hydrogen-bond donors (Lipinski definition) is 1. The molecule has 106 valence electrons. The van der Waals surface area contributed by atoms with Gasteiger partial charge < -0.3 is 5.73 Å². The van der Waals surface area contributed by atoms with E-state index in [0.29, 0.717) is 6.04 Å². The van der Waals surface area contributed by atoms with Gasteiger partial charge in [-0.3, -0.25) is 4.90 Å². The number of hydrogen-bond acceptors (Lipinski definition) is 2. The summed E-state index contributed by atoms with van der Waals surface area (Å²) in [5.41, 5.74) is 12.0. The molecule has 1 aromatic carbocycles. The lowest BCUT2D eigenvalue weighted by molar-refractivity contribution is 0.325. The topological polar surface area (TPSA) is 29.3 Å². The van der Waals surface area contributed by atoms with Gasteiger partial charge in [-0.15, -0.1) is 0 Å². The van der Waals surface area contributed by atoms with Gasteiger partial charge in [-0.05, 0) is 47.9 Å². The van der Waals surface area contributed by atoms with Crippen molar-refractivity contribution in [2.45, 2.75) is 59.0 Å². The summed E-state index contributed by atoms with van der Waals surface area (Å²) < 4.78 is 0. The van der Waals surface area contributed by atoms with Crippen LogP contribution in [0.2, 0.25) is 0 Å². The summed E-state index contributed by atoms with van der Waals surface area (Å²) in [6.45, 7) is 14.6. The molecule has 0 unspecified atom stereocenters. The van der Waals surface area contributed by atoms with Crippen molar-refractivity contribution in [3.05, 3.63) is 34.4 Å². The Bertz CT molecular complexity index is 434. The monoisotopic (exact) mass is 260 g/mol. The smallest absolute Gasteiger partial charge is 0.0239 e. The van der Waals surface area contributed by atoms with Crippen LogP contribution in [0.25, 0.3) is 0 Å². The lowest BCUT2D eigenvalue weighted by Crippen LogP contribution is -2.27. The van der Waals surface area contributed by atoms with E-state index in [0.717, 1.165) is 26.1 Å². The van der Waals surface area contributed by atoms with Gasteiger partial charge in [0, 0.05) is 25.7 Å². The molecule has 2 rings (SSSR count). The van der Waals surface area contributed by atoms with Crippen LogP contribution in [0.15, 0.2) is 12.1 Å². The third kappa shape index (κ3) is 3.37. The minimum atomic E-state index is 0.226. The van der Waals surface area contributed by atoms with Crippen LogP contribution < -0.4 is 5.73 Å². The molecule has 2 nitrogen and oxygen atoms in total. The Kier molecular flexibility index (Phi) is 4.03. The van der Waals surface area contributed by atoms with Gasteiger partial charge in [0.25, 0.3) is 0 Å². The first-order valence-electron chi connectivity index (χ1n) is 7.36. The van der Waals surface area contributed by atoms with Gasteiger partial charge in [0.15, 0.2) is 0 Å². The summed E-state index contributed by atoms with van der Waals surface area (Å²) in [5.74, 6) is 0. The molecule has 0 saturated carbocycles. The van der Waals surface area contributed by atoms with Gasteiger partial charge >= 0.3 is 0 Å². The zero-order chi connectivity index (χ0) is 14.2. The molecule has 19 heavy (non-hydrogen) atoms. The minimum absolute atomic E-state index is 0.226. The second-order valence-corrected chi connectivity index (χ2v) is 7.12. The molecule has 1 atom stereocenters. The average Bonchev–Trinajstić information content (AvgIpc) is 2.68. The Balaban J connectivity index is 2.22. The number of rotatable bonds is 2. The maximum Gasteiger partial charge on any atom is 0.0239 e. The summed E-state index contributed by atoms with van der Waals surface area (Å²) in [7, 11) is 0. The molecule has 1 aliphatic heterocycles. The fourth-order valence-electron chi connectivity index (χ4n) is 2.91. The van der Waals surface area contributed by atoms with E-state index in [1.54, 1.807) is 0 Å². The summed E-state index contributed by atoms with van der Waals surface area (Å²) in [4.78, 5) is 2.48.